The molecule has 0 aromatic carbocycles. The Balaban J connectivity index is 2.77. The van der Waals surface area contributed by atoms with Crippen LogP contribution in [0, 0.1) is 0 Å². The molecular weight excluding hydrogens is 184 g/mol. The number of hydrogen-bond donors (Lipinski definition) is 1. The van der Waals surface area contributed by atoms with Gasteiger partial charge >= 0.3 is 0 Å². The summed E-state index contributed by atoms with van der Waals surface area (Å²) in [6.07, 6.45) is 9.55. The molecule has 0 heterocycles. The maximum absolute atomic E-state index is 3.55. The fourth-order valence-electron chi connectivity index (χ4n) is 3.24. The Hall–Kier alpha value is -0.0800. The van der Waals surface area contributed by atoms with Gasteiger partial charge in [0.05, 0.1) is 0 Å². The molecule has 0 saturated heterocycles. The van der Waals surface area contributed by atoms with Crippen LogP contribution in [0.15, 0.2) is 0 Å². The van der Waals surface area contributed by atoms with Gasteiger partial charge < -0.3 is 10.2 Å². The molecule has 2 nitrogen and oxygen atoms in total. The average molecular weight is 212 g/mol. The van der Waals surface area contributed by atoms with Crippen molar-refractivity contribution in [3.8, 4) is 0 Å². The Morgan fingerprint density at radius 3 is 2.20 bits per heavy atom. The number of rotatable bonds is 5. The molecule has 1 N–H and O–H groups in total. The van der Waals surface area contributed by atoms with Gasteiger partial charge in [0, 0.05) is 11.6 Å². The summed E-state index contributed by atoms with van der Waals surface area (Å²) in [6.45, 7) is 2.29. The van der Waals surface area contributed by atoms with Crippen molar-refractivity contribution in [2.75, 3.05) is 21.1 Å². The fraction of sp³-hybridized carbons (Fsp3) is 1.00. The second kappa shape index (κ2) is 5.86. The van der Waals surface area contributed by atoms with E-state index in [0.29, 0.717) is 11.6 Å². The van der Waals surface area contributed by atoms with Gasteiger partial charge in [-0.1, -0.05) is 32.6 Å². The van der Waals surface area contributed by atoms with E-state index < -0.39 is 0 Å². The monoisotopic (exact) mass is 212 g/mol. The molecule has 2 heteroatoms. The van der Waals surface area contributed by atoms with Crippen molar-refractivity contribution >= 4 is 0 Å². The predicted octanol–water partition coefficient (Wildman–Crippen LogP) is 2.64. The molecule has 1 rings (SSSR count). The molecule has 0 bridgehead atoms. The first-order chi connectivity index (χ1) is 7.17. The molecule has 0 aromatic heterocycles. The first-order valence-electron chi connectivity index (χ1n) is 6.52. The Bertz CT molecular complexity index is 171. The van der Waals surface area contributed by atoms with E-state index in [1.807, 2.05) is 0 Å². The lowest BCUT2D eigenvalue weighted by Gasteiger charge is -2.48. The van der Waals surface area contributed by atoms with Gasteiger partial charge in [0.2, 0.25) is 0 Å². The molecule has 15 heavy (non-hydrogen) atoms. The number of likely N-dealkylation sites (N-methyl/N-ethyl adjacent to an activating group) is 2. The second-order valence-corrected chi connectivity index (χ2v) is 5.19. The lowest BCUT2D eigenvalue weighted by atomic mass is 9.74. The molecule has 0 amide bonds. The van der Waals surface area contributed by atoms with Gasteiger partial charge in [-0.05, 0) is 40.4 Å². The molecule has 0 radical (unpaired) electrons. The smallest absolute Gasteiger partial charge is 0.0356 e. The van der Waals surface area contributed by atoms with Gasteiger partial charge in [-0.25, -0.2) is 0 Å². The van der Waals surface area contributed by atoms with Crippen molar-refractivity contribution in [3.63, 3.8) is 0 Å². The highest BCUT2D eigenvalue weighted by Gasteiger charge is 2.40. The van der Waals surface area contributed by atoms with Crippen molar-refractivity contribution in [2.45, 2.75) is 63.5 Å². The Kier molecular flexibility index (Phi) is 5.07. The molecule has 1 aliphatic rings. The Morgan fingerprint density at radius 1 is 1.20 bits per heavy atom. The van der Waals surface area contributed by atoms with Crippen molar-refractivity contribution < 1.29 is 0 Å². The SMILES string of the molecule is CCCC(NC)C1(N(C)C)CCCCC1. The zero-order chi connectivity index (χ0) is 11.3. The molecule has 1 atom stereocenters. The summed E-state index contributed by atoms with van der Waals surface area (Å²) in [5.74, 6) is 0. The van der Waals surface area contributed by atoms with Crippen LogP contribution >= 0.6 is 0 Å². The van der Waals surface area contributed by atoms with E-state index >= 15 is 0 Å². The molecule has 1 unspecified atom stereocenters. The van der Waals surface area contributed by atoms with Crippen LogP contribution in [0.5, 0.6) is 0 Å². The first kappa shape index (κ1) is 13.0. The predicted molar refractivity (Wildman–Crippen MR) is 67.3 cm³/mol. The molecule has 1 fully saturated rings. The third kappa shape index (κ3) is 2.73. The summed E-state index contributed by atoms with van der Waals surface area (Å²) >= 11 is 0. The topological polar surface area (TPSA) is 15.3 Å². The van der Waals surface area contributed by atoms with E-state index in [1.165, 1.54) is 44.9 Å². The van der Waals surface area contributed by atoms with E-state index in [1.54, 1.807) is 0 Å². The fourth-order valence-corrected chi connectivity index (χ4v) is 3.24. The zero-order valence-corrected chi connectivity index (χ0v) is 11.0. The van der Waals surface area contributed by atoms with Crippen molar-refractivity contribution in [1.82, 2.24) is 10.2 Å². The van der Waals surface area contributed by atoms with Crippen LogP contribution in [0.25, 0.3) is 0 Å². The van der Waals surface area contributed by atoms with E-state index in [0.717, 1.165) is 0 Å². The van der Waals surface area contributed by atoms with Gasteiger partial charge in [0.1, 0.15) is 0 Å². The second-order valence-electron chi connectivity index (χ2n) is 5.19. The van der Waals surface area contributed by atoms with Crippen LogP contribution in [0.4, 0.5) is 0 Å². The number of nitrogens with zero attached hydrogens (tertiary/aromatic N) is 1. The molecule has 0 aromatic rings. The lowest BCUT2D eigenvalue weighted by Crippen LogP contribution is -2.59. The first-order valence-corrected chi connectivity index (χ1v) is 6.52. The quantitative estimate of drug-likeness (QED) is 0.753. The third-order valence-electron chi connectivity index (χ3n) is 4.18. The molecule has 1 aliphatic carbocycles. The van der Waals surface area contributed by atoms with Crippen molar-refractivity contribution in [1.29, 1.82) is 0 Å². The minimum atomic E-state index is 0.420. The molecule has 1 saturated carbocycles. The summed E-state index contributed by atoms with van der Waals surface area (Å²) in [5, 5.41) is 3.55. The van der Waals surface area contributed by atoms with E-state index in [-0.39, 0.29) is 0 Å². The summed E-state index contributed by atoms with van der Waals surface area (Å²) < 4.78 is 0. The minimum absolute atomic E-state index is 0.420. The summed E-state index contributed by atoms with van der Waals surface area (Å²) in [4.78, 5) is 2.48. The highest BCUT2D eigenvalue weighted by Crippen LogP contribution is 2.36. The van der Waals surface area contributed by atoms with Crippen LogP contribution in [-0.2, 0) is 0 Å². The van der Waals surface area contributed by atoms with Gasteiger partial charge in [-0.15, -0.1) is 0 Å². The van der Waals surface area contributed by atoms with Gasteiger partial charge in [0.25, 0.3) is 0 Å². The zero-order valence-electron chi connectivity index (χ0n) is 11.0. The van der Waals surface area contributed by atoms with Gasteiger partial charge in [-0.3, -0.25) is 0 Å². The van der Waals surface area contributed by atoms with Crippen LogP contribution in [0.2, 0.25) is 0 Å². The molecular formula is C13H28N2. The van der Waals surface area contributed by atoms with Crippen LogP contribution in [0.3, 0.4) is 0 Å². The third-order valence-corrected chi connectivity index (χ3v) is 4.18. The highest BCUT2D eigenvalue weighted by atomic mass is 15.2. The maximum atomic E-state index is 3.55. The van der Waals surface area contributed by atoms with Crippen molar-refractivity contribution in [2.24, 2.45) is 0 Å². The van der Waals surface area contributed by atoms with Crippen molar-refractivity contribution in [3.05, 3.63) is 0 Å². The molecule has 0 aliphatic heterocycles. The van der Waals surface area contributed by atoms with E-state index in [4.69, 9.17) is 0 Å². The number of hydrogen-bond acceptors (Lipinski definition) is 2. The lowest BCUT2D eigenvalue weighted by molar-refractivity contribution is 0.0562. The molecule has 90 valence electrons. The van der Waals surface area contributed by atoms with E-state index in [2.05, 4.69) is 38.3 Å². The highest BCUT2D eigenvalue weighted by molar-refractivity contribution is 4.99. The normalized spacial score (nSPS) is 23.0. The minimum Gasteiger partial charge on any atom is -0.315 e. The summed E-state index contributed by atoms with van der Waals surface area (Å²) in [5.41, 5.74) is 0.420. The average Bonchev–Trinajstić information content (AvgIpc) is 2.26. The van der Waals surface area contributed by atoms with Gasteiger partial charge in [0.15, 0.2) is 0 Å². The summed E-state index contributed by atoms with van der Waals surface area (Å²) in [7, 11) is 6.64. The Morgan fingerprint density at radius 2 is 1.80 bits per heavy atom. The Labute approximate surface area is 95.4 Å². The van der Waals surface area contributed by atoms with Crippen LogP contribution in [-0.4, -0.2) is 37.6 Å². The molecule has 0 spiro atoms. The van der Waals surface area contributed by atoms with E-state index in [9.17, 15) is 0 Å². The standard InChI is InChI=1S/C13H28N2/c1-5-9-12(14-2)13(15(3)4)10-7-6-8-11-13/h12,14H,5-11H2,1-4H3. The van der Waals surface area contributed by atoms with Crippen LogP contribution in [0.1, 0.15) is 51.9 Å². The summed E-state index contributed by atoms with van der Waals surface area (Å²) in [6, 6.07) is 0.665. The van der Waals surface area contributed by atoms with Crippen LogP contribution < -0.4 is 5.32 Å². The largest absolute Gasteiger partial charge is 0.315 e. The maximum Gasteiger partial charge on any atom is 0.0356 e. The van der Waals surface area contributed by atoms with Gasteiger partial charge in [-0.2, -0.15) is 0 Å². The number of nitrogens with one attached hydrogen (secondary N) is 1.